The van der Waals surface area contributed by atoms with Crippen molar-refractivity contribution in [1.29, 1.82) is 0 Å². The Kier molecular flexibility index (Phi) is 4.03. The van der Waals surface area contributed by atoms with E-state index >= 15 is 0 Å². The van der Waals surface area contributed by atoms with Crippen LogP contribution >= 0.6 is 11.3 Å². The van der Waals surface area contributed by atoms with Crippen molar-refractivity contribution in [2.24, 2.45) is 0 Å². The minimum Gasteiger partial charge on any atom is -0.378 e. The summed E-state index contributed by atoms with van der Waals surface area (Å²) in [5.74, 6) is 0.760. The summed E-state index contributed by atoms with van der Waals surface area (Å²) in [7, 11) is 4.05. The van der Waals surface area contributed by atoms with E-state index in [-0.39, 0.29) is 0 Å². The Hall–Kier alpha value is -2.99. The maximum atomic E-state index is 4.63. The molecule has 4 aromatic rings. The van der Waals surface area contributed by atoms with Gasteiger partial charge < -0.3 is 4.90 Å². The van der Waals surface area contributed by atoms with Crippen LogP contribution in [-0.4, -0.2) is 33.9 Å². The van der Waals surface area contributed by atoms with Crippen molar-refractivity contribution in [1.82, 2.24) is 19.8 Å². The normalized spacial score (nSPS) is 11.4. The standard InChI is InChI=1S/C19H17N5S/c1-23(2)16-11-9-15(10-12-16)18-20-21-19-24(18)22-17(25-19)13-8-14-6-4-3-5-7-14/h3-13H,1-2H3/b13-8+. The van der Waals surface area contributed by atoms with E-state index in [1.54, 1.807) is 4.52 Å². The lowest BCUT2D eigenvalue weighted by Gasteiger charge is -2.11. The summed E-state index contributed by atoms with van der Waals surface area (Å²) in [6.07, 6.45) is 4.06. The molecular formula is C19H17N5S. The molecular weight excluding hydrogens is 330 g/mol. The van der Waals surface area contributed by atoms with Gasteiger partial charge in [-0.05, 0) is 35.9 Å². The first kappa shape index (κ1) is 15.5. The molecule has 0 aliphatic carbocycles. The third kappa shape index (κ3) is 3.16. The fourth-order valence-corrected chi connectivity index (χ4v) is 3.26. The summed E-state index contributed by atoms with van der Waals surface area (Å²) in [4.78, 5) is 2.86. The van der Waals surface area contributed by atoms with Crippen molar-refractivity contribution >= 4 is 34.1 Å². The minimum absolute atomic E-state index is 0.760. The van der Waals surface area contributed by atoms with Crippen molar-refractivity contribution < 1.29 is 0 Å². The van der Waals surface area contributed by atoms with Crippen molar-refractivity contribution in [2.75, 3.05) is 19.0 Å². The maximum absolute atomic E-state index is 4.63. The van der Waals surface area contributed by atoms with Gasteiger partial charge in [0.25, 0.3) is 0 Å². The first-order valence-electron chi connectivity index (χ1n) is 7.94. The van der Waals surface area contributed by atoms with Gasteiger partial charge in [0.1, 0.15) is 5.01 Å². The van der Waals surface area contributed by atoms with Crippen LogP contribution in [0.1, 0.15) is 10.6 Å². The molecule has 0 saturated heterocycles. The lowest BCUT2D eigenvalue weighted by atomic mass is 10.2. The molecule has 0 N–H and O–H groups in total. The maximum Gasteiger partial charge on any atom is 0.235 e. The summed E-state index contributed by atoms with van der Waals surface area (Å²) in [5.41, 5.74) is 3.30. The summed E-state index contributed by atoms with van der Waals surface area (Å²) in [5, 5.41) is 14.1. The monoisotopic (exact) mass is 347 g/mol. The second-order valence-electron chi connectivity index (χ2n) is 5.84. The van der Waals surface area contributed by atoms with Gasteiger partial charge in [-0.15, -0.1) is 10.2 Å². The Labute approximate surface area is 149 Å². The summed E-state index contributed by atoms with van der Waals surface area (Å²) < 4.78 is 1.81. The number of hydrogen-bond donors (Lipinski definition) is 0. The molecule has 0 atom stereocenters. The van der Waals surface area contributed by atoms with Crippen LogP contribution in [0.4, 0.5) is 5.69 Å². The number of anilines is 1. The van der Waals surface area contributed by atoms with E-state index in [2.05, 4.69) is 50.5 Å². The molecule has 124 valence electrons. The highest BCUT2D eigenvalue weighted by molar-refractivity contribution is 7.17. The van der Waals surface area contributed by atoms with E-state index in [9.17, 15) is 0 Å². The quantitative estimate of drug-likeness (QED) is 0.558. The van der Waals surface area contributed by atoms with Crippen LogP contribution in [0.15, 0.2) is 54.6 Å². The van der Waals surface area contributed by atoms with E-state index in [1.165, 1.54) is 11.3 Å². The lowest BCUT2D eigenvalue weighted by Crippen LogP contribution is -2.08. The molecule has 6 heteroatoms. The Balaban J connectivity index is 1.65. The van der Waals surface area contributed by atoms with Gasteiger partial charge in [-0.3, -0.25) is 0 Å². The summed E-state index contributed by atoms with van der Waals surface area (Å²) >= 11 is 1.52. The molecule has 2 aromatic heterocycles. The molecule has 0 radical (unpaired) electrons. The van der Waals surface area contributed by atoms with Crippen LogP contribution in [0, 0.1) is 0 Å². The number of aromatic nitrogens is 4. The molecule has 5 nitrogen and oxygen atoms in total. The highest BCUT2D eigenvalue weighted by atomic mass is 32.1. The van der Waals surface area contributed by atoms with Crippen LogP contribution in [0.5, 0.6) is 0 Å². The van der Waals surface area contributed by atoms with E-state index in [1.807, 2.05) is 50.5 Å². The molecule has 2 aromatic carbocycles. The van der Waals surface area contributed by atoms with Crippen LogP contribution < -0.4 is 4.90 Å². The number of fused-ring (bicyclic) bond motifs is 1. The molecule has 0 fully saturated rings. The van der Waals surface area contributed by atoms with Crippen molar-refractivity contribution in [3.05, 3.63) is 65.2 Å². The molecule has 0 saturated carbocycles. The zero-order chi connectivity index (χ0) is 17.2. The van der Waals surface area contributed by atoms with Crippen LogP contribution in [0.25, 0.3) is 28.5 Å². The lowest BCUT2D eigenvalue weighted by molar-refractivity contribution is 0.959. The predicted octanol–water partition coefficient (Wildman–Crippen LogP) is 4.09. The van der Waals surface area contributed by atoms with Gasteiger partial charge in [-0.1, -0.05) is 47.7 Å². The molecule has 2 heterocycles. The van der Waals surface area contributed by atoms with E-state index in [0.29, 0.717) is 0 Å². The Morgan fingerprint density at radius 2 is 1.68 bits per heavy atom. The average molecular weight is 347 g/mol. The van der Waals surface area contributed by atoms with Gasteiger partial charge in [0.05, 0.1) is 0 Å². The minimum atomic E-state index is 0.760. The molecule has 0 spiro atoms. The molecule has 25 heavy (non-hydrogen) atoms. The molecule has 0 amide bonds. The van der Waals surface area contributed by atoms with Gasteiger partial charge in [-0.2, -0.15) is 9.61 Å². The number of nitrogens with zero attached hydrogens (tertiary/aromatic N) is 5. The van der Waals surface area contributed by atoms with E-state index in [4.69, 9.17) is 0 Å². The van der Waals surface area contributed by atoms with Gasteiger partial charge in [-0.25, -0.2) is 0 Å². The smallest absolute Gasteiger partial charge is 0.235 e. The Morgan fingerprint density at radius 3 is 2.40 bits per heavy atom. The van der Waals surface area contributed by atoms with Crippen LogP contribution in [-0.2, 0) is 0 Å². The van der Waals surface area contributed by atoms with Gasteiger partial charge in [0, 0.05) is 25.3 Å². The van der Waals surface area contributed by atoms with E-state index in [0.717, 1.165) is 32.6 Å². The summed E-state index contributed by atoms with van der Waals surface area (Å²) in [6, 6.07) is 18.4. The van der Waals surface area contributed by atoms with E-state index < -0.39 is 0 Å². The second kappa shape index (κ2) is 6.49. The average Bonchev–Trinajstić information content (AvgIpc) is 3.21. The van der Waals surface area contributed by atoms with Gasteiger partial charge in [0.2, 0.25) is 4.96 Å². The summed E-state index contributed by atoms with van der Waals surface area (Å²) in [6.45, 7) is 0. The first-order valence-corrected chi connectivity index (χ1v) is 8.75. The Bertz CT molecular complexity index is 1010. The predicted molar refractivity (Wildman–Crippen MR) is 104 cm³/mol. The molecule has 0 aliphatic heterocycles. The zero-order valence-electron chi connectivity index (χ0n) is 14.0. The molecule has 0 bridgehead atoms. The number of benzene rings is 2. The topological polar surface area (TPSA) is 46.3 Å². The van der Waals surface area contributed by atoms with Crippen LogP contribution in [0.3, 0.4) is 0 Å². The molecule has 0 unspecified atom stereocenters. The fourth-order valence-electron chi connectivity index (χ4n) is 2.52. The largest absolute Gasteiger partial charge is 0.378 e. The molecule has 4 rings (SSSR count). The molecule has 0 aliphatic rings. The zero-order valence-corrected chi connectivity index (χ0v) is 14.8. The SMILES string of the molecule is CN(C)c1ccc(-c2nnc3sc(/C=C/c4ccccc4)nn23)cc1. The van der Waals surface area contributed by atoms with Crippen molar-refractivity contribution in [2.45, 2.75) is 0 Å². The second-order valence-corrected chi connectivity index (χ2v) is 6.83. The number of hydrogen-bond acceptors (Lipinski definition) is 5. The first-order chi connectivity index (χ1) is 12.2. The third-order valence-electron chi connectivity index (χ3n) is 3.87. The van der Waals surface area contributed by atoms with Crippen molar-refractivity contribution in [3.63, 3.8) is 0 Å². The van der Waals surface area contributed by atoms with Crippen molar-refractivity contribution in [3.8, 4) is 11.4 Å². The highest BCUT2D eigenvalue weighted by Gasteiger charge is 2.12. The Morgan fingerprint density at radius 1 is 0.920 bits per heavy atom. The van der Waals surface area contributed by atoms with Gasteiger partial charge >= 0.3 is 0 Å². The third-order valence-corrected chi connectivity index (χ3v) is 4.73. The van der Waals surface area contributed by atoms with Crippen LogP contribution in [0.2, 0.25) is 0 Å². The fraction of sp³-hybridized carbons (Fsp3) is 0.105. The number of rotatable bonds is 4. The highest BCUT2D eigenvalue weighted by Crippen LogP contribution is 2.24. The van der Waals surface area contributed by atoms with Gasteiger partial charge in [0.15, 0.2) is 5.82 Å².